The van der Waals surface area contributed by atoms with Crippen LogP contribution in [0.1, 0.15) is 25.5 Å². The second-order valence-electron chi connectivity index (χ2n) is 4.96. The summed E-state index contributed by atoms with van der Waals surface area (Å²) in [6.45, 7) is 4.67. The summed E-state index contributed by atoms with van der Waals surface area (Å²) in [7, 11) is 0. The minimum absolute atomic E-state index is 0.0504. The molecule has 1 aliphatic heterocycles. The maximum absolute atomic E-state index is 12.9. The first-order valence-corrected chi connectivity index (χ1v) is 6.35. The molecule has 4 nitrogen and oxygen atoms in total. The summed E-state index contributed by atoms with van der Waals surface area (Å²) in [6, 6.07) is 5.60. The molecule has 19 heavy (non-hydrogen) atoms. The molecule has 1 saturated heterocycles. The zero-order valence-corrected chi connectivity index (χ0v) is 11.0. The molecule has 3 atom stereocenters. The minimum atomic E-state index is -0.841. The van der Waals surface area contributed by atoms with E-state index < -0.39 is 12.0 Å². The number of carbonyl (C=O) groups is 1. The van der Waals surface area contributed by atoms with E-state index in [2.05, 4.69) is 0 Å². The molecule has 1 aromatic rings. The maximum Gasteiger partial charge on any atom is 0.320 e. The highest BCUT2D eigenvalue weighted by molar-refractivity contribution is 5.72. The molecule has 0 spiro atoms. The summed E-state index contributed by atoms with van der Waals surface area (Å²) in [5.41, 5.74) is 0.871. The third-order valence-corrected chi connectivity index (χ3v) is 3.44. The van der Waals surface area contributed by atoms with Gasteiger partial charge < -0.3 is 9.84 Å². The van der Waals surface area contributed by atoms with Gasteiger partial charge in [0.1, 0.15) is 11.9 Å². The SMILES string of the molecule is C[C@@H]1CN([C@H](C)C(=O)O)C[C@H](c2ccc(F)cc2)O1. The zero-order chi connectivity index (χ0) is 14.0. The van der Waals surface area contributed by atoms with Gasteiger partial charge >= 0.3 is 5.97 Å². The van der Waals surface area contributed by atoms with Crippen molar-refractivity contribution in [3.63, 3.8) is 0 Å². The molecule has 5 heteroatoms. The molecule has 0 bridgehead atoms. The van der Waals surface area contributed by atoms with Crippen LogP contribution in [0.15, 0.2) is 24.3 Å². The quantitative estimate of drug-likeness (QED) is 0.910. The molecule has 1 fully saturated rings. The van der Waals surface area contributed by atoms with Crippen molar-refractivity contribution in [3.05, 3.63) is 35.6 Å². The predicted molar refractivity (Wildman–Crippen MR) is 68.4 cm³/mol. The van der Waals surface area contributed by atoms with Crippen molar-refractivity contribution in [2.45, 2.75) is 32.1 Å². The van der Waals surface area contributed by atoms with Gasteiger partial charge in [-0.25, -0.2) is 4.39 Å². The Balaban J connectivity index is 2.13. The van der Waals surface area contributed by atoms with Gasteiger partial charge in [0.25, 0.3) is 0 Å². The van der Waals surface area contributed by atoms with Gasteiger partial charge in [-0.2, -0.15) is 0 Å². The summed E-state index contributed by atoms with van der Waals surface area (Å²) in [6.07, 6.45) is -0.267. The number of ether oxygens (including phenoxy) is 1. The summed E-state index contributed by atoms with van der Waals surface area (Å²) < 4.78 is 18.7. The smallest absolute Gasteiger partial charge is 0.320 e. The van der Waals surface area contributed by atoms with Crippen molar-refractivity contribution in [3.8, 4) is 0 Å². The number of carboxylic acids is 1. The molecular weight excluding hydrogens is 249 g/mol. The maximum atomic E-state index is 12.9. The first kappa shape index (κ1) is 14.0. The fourth-order valence-corrected chi connectivity index (χ4v) is 2.32. The highest BCUT2D eigenvalue weighted by Gasteiger charge is 2.31. The summed E-state index contributed by atoms with van der Waals surface area (Å²) in [5.74, 6) is -1.13. The Labute approximate surface area is 111 Å². The van der Waals surface area contributed by atoms with Crippen molar-refractivity contribution in [2.24, 2.45) is 0 Å². The second-order valence-corrected chi connectivity index (χ2v) is 4.96. The molecule has 1 N–H and O–H groups in total. The van der Waals surface area contributed by atoms with E-state index in [1.54, 1.807) is 19.1 Å². The van der Waals surface area contributed by atoms with Crippen LogP contribution in [0.4, 0.5) is 4.39 Å². The molecule has 1 heterocycles. The third kappa shape index (κ3) is 3.30. The molecule has 0 unspecified atom stereocenters. The Hall–Kier alpha value is -1.46. The lowest BCUT2D eigenvalue weighted by Gasteiger charge is -2.38. The molecule has 0 saturated carbocycles. The van der Waals surface area contributed by atoms with E-state index in [0.29, 0.717) is 13.1 Å². The molecule has 0 aromatic heterocycles. The Morgan fingerprint density at radius 3 is 2.63 bits per heavy atom. The standard InChI is InChI=1S/C14H18FNO3/c1-9-7-16(10(2)14(17)18)8-13(19-9)11-3-5-12(15)6-4-11/h3-6,9-10,13H,7-8H2,1-2H3,(H,17,18)/t9-,10-,13-/m1/s1. The van der Waals surface area contributed by atoms with Crippen molar-refractivity contribution < 1.29 is 19.0 Å². The van der Waals surface area contributed by atoms with Crippen LogP contribution in [0.3, 0.4) is 0 Å². The van der Waals surface area contributed by atoms with Gasteiger partial charge in [-0.1, -0.05) is 12.1 Å². The van der Waals surface area contributed by atoms with Crippen LogP contribution in [-0.2, 0) is 9.53 Å². The second kappa shape index (κ2) is 5.67. The van der Waals surface area contributed by atoms with Gasteiger partial charge in [-0.15, -0.1) is 0 Å². The summed E-state index contributed by atoms with van der Waals surface area (Å²) in [5, 5.41) is 9.08. The van der Waals surface area contributed by atoms with Gasteiger partial charge in [0, 0.05) is 13.1 Å². The number of hydrogen-bond donors (Lipinski definition) is 1. The van der Waals surface area contributed by atoms with Gasteiger partial charge in [0.15, 0.2) is 0 Å². The molecule has 1 aromatic carbocycles. The molecule has 0 amide bonds. The molecule has 0 radical (unpaired) electrons. The van der Waals surface area contributed by atoms with Gasteiger partial charge in [-0.05, 0) is 31.5 Å². The van der Waals surface area contributed by atoms with E-state index >= 15 is 0 Å². The fraction of sp³-hybridized carbons (Fsp3) is 0.500. The third-order valence-electron chi connectivity index (χ3n) is 3.44. The van der Waals surface area contributed by atoms with Crippen LogP contribution in [0, 0.1) is 5.82 Å². The number of hydrogen-bond acceptors (Lipinski definition) is 3. The van der Waals surface area contributed by atoms with Crippen molar-refractivity contribution >= 4 is 5.97 Å². The molecule has 1 aliphatic rings. The number of nitrogens with zero attached hydrogens (tertiary/aromatic N) is 1. The predicted octanol–water partition coefficient (Wildman–Crippen LogP) is 2.06. The van der Waals surface area contributed by atoms with Crippen LogP contribution in [-0.4, -0.2) is 41.2 Å². The number of aliphatic carboxylic acids is 1. The largest absolute Gasteiger partial charge is 0.480 e. The molecule has 0 aliphatic carbocycles. The fourth-order valence-electron chi connectivity index (χ4n) is 2.32. The lowest BCUT2D eigenvalue weighted by atomic mass is 10.1. The van der Waals surface area contributed by atoms with Crippen LogP contribution >= 0.6 is 0 Å². The van der Waals surface area contributed by atoms with E-state index in [9.17, 15) is 9.18 Å². The average Bonchev–Trinajstić information content (AvgIpc) is 2.37. The van der Waals surface area contributed by atoms with E-state index in [1.165, 1.54) is 12.1 Å². The number of halogens is 1. The molecule has 104 valence electrons. The summed E-state index contributed by atoms with van der Waals surface area (Å²) in [4.78, 5) is 12.9. The van der Waals surface area contributed by atoms with Gasteiger partial charge in [0.2, 0.25) is 0 Å². The molecular formula is C14H18FNO3. The van der Waals surface area contributed by atoms with E-state index in [-0.39, 0.29) is 18.0 Å². The van der Waals surface area contributed by atoms with Crippen LogP contribution in [0.25, 0.3) is 0 Å². The molecule has 2 rings (SSSR count). The number of carboxylic acid groups (broad SMARTS) is 1. The number of morpholine rings is 1. The van der Waals surface area contributed by atoms with Crippen molar-refractivity contribution in [2.75, 3.05) is 13.1 Å². The van der Waals surface area contributed by atoms with E-state index in [1.807, 2.05) is 11.8 Å². The first-order valence-electron chi connectivity index (χ1n) is 6.35. The first-order chi connectivity index (χ1) is 8.97. The van der Waals surface area contributed by atoms with Crippen molar-refractivity contribution in [1.29, 1.82) is 0 Å². The lowest BCUT2D eigenvalue weighted by Crippen LogP contribution is -2.49. The Bertz CT molecular complexity index is 449. The number of rotatable bonds is 3. The van der Waals surface area contributed by atoms with Crippen LogP contribution in [0.5, 0.6) is 0 Å². The van der Waals surface area contributed by atoms with Crippen LogP contribution < -0.4 is 0 Å². The normalized spacial score (nSPS) is 26.1. The number of benzene rings is 1. The van der Waals surface area contributed by atoms with Crippen LogP contribution in [0.2, 0.25) is 0 Å². The Morgan fingerprint density at radius 1 is 1.42 bits per heavy atom. The topological polar surface area (TPSA) is 49.8 Å². The van der Waals surface area contributed by atoms with Crippen molar-refractivity contribution in [1.82, 2.24) is 4.90 Å². The zero-order valence-electron chi connectivity index (χ0n) is 11.0. The minimum Gasteiger partial charge on any atom is -0.480 e. The van der Waals surface area contributed by atoms with Gasteiger partial charge in [-0.3, -0.25) is 9.69 Å². The summed E-state index contributed by atoms with van der Waals surface area (Å²) >= 11 is 0. The average molecular weight is 267 g/mol. The Kier molecular flexibility index (Phi) is 4.17. The van der Waals surface area contributed by atoms with Gasteiger partial charge in [0.05, 0.1) is 12.2 Å². The van der Waals surface area contributed by atoms with E-state index in [0.717, 1.165) is 5.56 Å². The highest BCUT2D eigenvalue weighted by Crippen LogP contribution is 2.26. The highest BCUT2D eigenvalue weighted by atomic mass is 19.1. The monoisotopic (exact) mass is 267 g/mol. The van der Waals surface area contributed by atoms with E-state index in [4.69, 9.17) is 9.84 Å². The Morgan fingerprint density at radius 2 is 2.05 bits per heavy atom. The lowest BCUT2D eigenvalue weighted by molar-refractivity contribution is -0.148.